The predicted molar refractivity (Wildman–Crippen MR) is 65.5 cm³/mol. The number of nitrogens with two attached hydrogens (primary N) is 1. The lowest BCUT2D eigenvalue weighted by Gasteiger charge is -2.12. The molecule has 0 amide bonds. The summed E-state index contributed by atoms with van der Waals surface area (Å²) in [6.07, 6.45) is -9.82. The summed E-state index contributed by atoms with van der Waals surface area (Å²) in [5, 5.41) is 1.03. The van der Waals surface area contributed by atoms with Gasteiger partial charge in [0.05, 0.1) is 16.8 Å². The Morgan fingerprint density at radius 3 is 1.85 bits per heavy atom. The molecule has 0 spiro atoms. The second-order valence-electron chi connectivity index (χ2n) is 3.50. The fraction of sp³-hybridized carbons (Fsp3) is 0.182. The summed E-state index contributed by atoms with van der Waals surface area (Å²) >= 11 is 0.782. The predicted octanol–water partition coefficient (Wildman–Crippen LogP) is 4.55. The molecule has 1 rings (SSSR count). The molecular formula is C11H8F6N2S. The van der Waals surface area contributed by atoms with Gasteiger partial charge in [-0.05, 0) is 23.6 Å². The highest BCUT2D eigenvalue weighted by Gasteiger charge is 2.36. The molecule has 0 aromatic heterocycles. The number of aliphatic imine (C=N–C) groups is 1. The monoisotopic (exact) mass is 314 g/mol. The first-order chi connectivity index (χ1) is 9.04. The molecule has 1 aromatic carbocycles. The summed E-state index contributed by atoms with van der Waals surface area (Å²) in [7, 11) is 0. The number of halogens is 6. The minimum Gasteiger partial charge on any atom is -0.378 e. The second-order valence-corrected chi connectivity index (χ2v) is 4.49. The van der Waals surface area contributed by atoms with Gasteiger partial charge in [-0.15, -0.1) is 0 Å². The lowest BCUT2D eigenvalue weighted by molar-refractivity contribution is -0.143. The molecule has 9 heteroatoms. The number of nitrogens with zero attached hydrogens (tertiary/aromatic N) is 1. The van der Waals surface area contributed by atoms with Gasteiger partial charge in [-0.25, -0.2) is 4.99 Å². The number of hydrogen-bond acceptors (Lipinski definition) is 2. The fourth-order valence-corrected chi connectivity index (χ4v) is 1.57. The van der Waals surface area contributed by atoms with Crippen LogP contribution in [0.25, 0.3) is 0 Å². The van der Waals surface area contributed by atoms with E-state index in [0.717, 1.165) is 11.8 Å². The van der Waals surface area contributed by atoms with Crippen LogP contribution >= 0.6 is 11.8 Å². The lowest BCUT2D eigenvalue weighted by atomic mass is 10.1. The summed E-state index contributed by atoms with van der Waals surface area (Å²) in [6.45, 7) is 3.30. The Morgan fingerprint density at radius 1 is 1.05 bits per heavy atom. The van der Waals surface area contributed by atoms with Gasteiger partial charge < -0.3 is 5.73 Å². The number of alkyl halides is 6. The van der Waals surface area contributed by atoms with Gasteiger partial charge in [0.2, 0.25) is 0 Å². The zero-order valence-electron chi connectivity index (χ0n) is 9.72. The van der Waals surface area contributed by atoms with Crippen molar-refractivity contribution in [1.82, 2.24) is 0 Å². The van der Waals surface area contributed by atoms with Gasteiger partial charge in [0.1, 0.15) is 0 Å². The summed E-state index contributed by atoms with van der Waals surface area (Å²) < 4.78 is 75.3. The van der Waals surface area contributed by atoms with E-state index in [1.165, 1.54) is 5.41 Å². The van der Waals surface area contributed by atoms with Crippen molar-refractivity contribution in [2.45, 2.75) is 12.4 Å². The van der Waals surface area contributed by atoms with E-state index in [0.29, 0.717) is 12.1 Å². The second kappa shape index (κ2) is 5.78. The van der Waals surface area contributed by atoms with Crippen molar-refractivity contribution < 1.29 is 26.3 Å². The van der Waals surface area contributed by atoms with Crippen LogP contribution in [0.2, 0.25) is 0 Å². The van der Waals surface area contributed by atoms with Crippen LogP contribution < -0.4 is 5.73 Å². The molecule has 20 heavy (non-hydrogen) atoms. The van der Waals surface area contributed by atoms with E-state index < -0.39 is 29.2 Å². The Hall–Kier alpha value is -1.64. The standard InChI is InChI=1S/C11H8F6N2S/c1-2-20-9(18)19-8-4-6(10(12,13)14)3-7(5-8)11(15,16)17/h2-5H,1H2,(H2,18,19). The SMILES string of the molecule is C=CSC(N)=Nc1cc(C(F)(F)F)cc(C(F)(F)F)c1. The van der Waals surface area contributed by atoms with E-state index in [2.05, 4.69) is 11.6 Å². The normalized spacial score (nSPS) is 13.4. The molecule has 0 bridgehead atoms. The highest BCUT2D eigenvalue weighted by Crippen LogP contribution is 2.38. The molecular weight excluding hydrogens is 306 g/mol. The van der Waals surface area contributed by atoms with Gasteiger partial charge >= 0.3 is 12.4 Å². The Balaban J connectivity index is 3.38. The summed E-state index contributed by atoms with van der Waals surface area (Å²) in [6, 6.07) is 1.01. The van der Waals surface area contributed by atoms with Crippen molar-refractivity contribution in [3.8, 4) is 0 Å². The maximum atomic E-state index is 12.6. The molecule has 0 atom stereocenters. The topological polar surface area (TPSA) is 38.4 Å². The van der Waals surface area contributed by atoms with E-state index in [1.807, 2.05) is 0 Å². The van der Waals surface area contributed by atoms with Crippen molar-refractivity contribution >= 4 is 22.6 Å². The number of amidine groups is 1. The van der Waals surface area contributed by atoms with Crippen molar-refractivity contribution in [1.29, 1.82) is 0 Å². The highest BCUT2D eigenvalue weighted by atomic mass is 32.2. The quantitative estimate of drug-likeness (QED) is 0.494. The van der Waals surface area contributed by atoms with Crippen LogP contribution in [0.5, 0.6) is 0 Å². The fourth-order valence-electron chi connectivity index (χ4n) is 1.24. The first-order valence-electron chi connectivity index (χ1n) is 4.95. The van der Waals surface area contributed by atoms with Crippen molar-refractivity contribution in [2.24, 2.45) is 10.7 Å². The van der Waals surface area contributed by atoms with Crippen molar-refractivity contribution in [3.63, 3.8) is 0 Å². The van der Waals surface area contributed by atoms with E-state index in [4.69, 9.17) is 5.73 Å². The summed E-state index contributed by atoms with van der Waals surface area (Å²) in [5.74, 6) is 0. The largest absolute Gasteiger partial charge is 0.416 e. The molecule has 0 aliphatic heterocycles. The average molecular weight is 314 g/mol. The van der Waals surface area contributed by atoms with Crippen LogP contribution in [0.1, 0.15) is 11.1 Å². The van der Waals surface area contributed by atoms with Crippen LogP contribution in [0.4, 0.5) is 32.0 Å². The summed E-state index contributed by atoms with van der Waals surface area (Å²) in [4.78, 5) is 3.48. The molecule has 0 radical (unpaired) electrons. The molecule has 0 unspecified atom stereocenters. The van der Waals surface area contributed by atoms with E-state index >= 15 is 0 Å². The van der Waals surface area contributed by atoms with Gasteiger partial charge in [-0.3, -0.25) is 0 Å². The van der Waals surface area contributed by atoms with Gasteiger partial charge in [0.15, 0.2) is 5.17 Å². The molecule has 0 heterocycles. The van der Waals surface area contributed by atoms with Crippen molar-refractivity contribution in [3.05, 3.63) is 41.3 Å². The third-order valence-electron chi connectivity index (χ3n) is 2.02. The number of hydrogen-bond donors (Lipinski definition) is 1. The molecule has 0 fully saturated rings. The number of rotatable bonds is 2. The maximum Gasteiger partial charge on any atom is 0.416 e. The van der Waals surface area contributed by atoms with E-state index in [-0.39, 0.29) is 11.2 Å². The van der Waals surface area contributed by atoms with Crippen LogP contribution in [-0.4, -0.2) is 5.17 Å². The van der Waals surface area contributed by atoms with Crippen LogP contribution in [0.3, 0.4) is 0 Å². The molecule has 1 aromatic rings. The highest BCUT2D eigenvalue weighted by molar-refractivity contribution is 8.16. The zero-order chi connectivity index (χ0) is 15.6. The van der Waals surface area contributed by atoms with Gasteiger partial charge in [0, 0.05) is 0 Å². The third-order valence-corrected chi connectivity index (χ3v) is 2.52. The van der Waals surface area contributed by atoms with Crippen LogP contribution in [0.15, 0.2) is 35.2 Å². The first kappa shape index (κ1) is 16.4. The molecule has 110 valence electrons. The lowest BCUT2D eigenvalue weighted by Crippen LogP contribution is -2.11. The number of thioether (sulfide) groups is 1. The Labute approximate surface area is 114 Å². The minimum absolute atomic E-state index is 0.0237. The summed E-state index contributed by atoms with van der Waals surface area (Å²) in [5.41, 5.74) is 1.90. The smallest absolute Gasteiger partial charge is 0.378 e. The third kappa shape index (κ3) is 4.48. The zero-order valence-corrected chi connectivity index (χ0v) is 10.5. The number of benzene rings is 1. The van der Waals surface area contributed by atoms with Gasteiger partial charge in [-0.1, -0.05) is 18.3 Å². The molecule has 2 nitrogen and oxygen atoms in total. The molecule has 0 saturated heterocycles. The Bertz CT molecular complexity index is 500. The van der Waals surface area contributed by atoms with Crippen LogP contribution in [0, 0.1) is 0 Å². The van der Waals surface area contributed by atoms with Gasteiger partial charge in [0.25, 0.3) is 0 Å². The first-order valence-corrected chi connectivity index (χ1v) is 5.83. The average Bonchev–Trinajstić information content (AvgIpc) is 2.26. The van der Waals surface area contributed by atoms with E-state index in [9.17, 15) is 26.3 Å². The maximum absolute atomic E-state index is 12.6. The van der Waals surface area contributed by atoms with Crippen LogP contribution in [-0.2, 0) is 12.4 Å². The van der Waals surface area contributed by atoms with Crippen molar-refractivity contribution in [2.75, 3.05) is 0 Å². The van der Waals surface area contributed by atoms with Gasteiger partial charge in [-0.2, -0.15) is 26.3 Å². The Morgan fingerprint density at radius 2 is 1.50 bits per heavy atom. The molecule has 0 aliphatic carbocycles. The minimum atomic E-state index is -4.91. The van der Waals surface area contributed by atoms with E-state index in [1.54, 1.807) is 0 Å². The molecule has 2 N–H and O–H groups in total. The molecule has 0 saturated carbocycles. The molecule has 0 aliphatic rings. The Kier molecular flexibility index (Phi) is 4.74.